The Balaban J connectivity index is 1.74. The Kier molecular flexibility index (Phi) is 3.39. The van der Waals surface area contributed by atoms with E-state index in [0.29, 0.717) is 22.8 Å². The molecule has 0 fully saturated rings. The molecule has 10 heteroatoms. The van der Waals surface area contributed by atoms with Gasteiger partial charge in [0.05, 0.1) is 16.6 Å². The lowest BCUT2D eigenvalue weighted by Gasteiger charge is -2.10. The van der Waals surface area contributed by atoms with Crippen LogP contribution in [0.1, 0.15) is 5.56 Å². The Labute approximate surface area is 155 Å². The molecule has 1 aromatic carbocycles. The highest BCUT2D eigenvalue weighted by molar-refractivity contribution is 5.94. The molecule has 0 bridgehead atoms. The van der Waals surface area contributed by atoms with Crippen LogP contribution in [0.2, 0.25) is 0 Å². The number of hydrogen-bond acceptors (Lipinski definition) is 6. The minimum absolute atomic E-state index is 0.0284. The lowest BCUT2D eigenvalue weighted by molar-refractivity contribution is -0.136. The molecule has 4 aromatic rings. The molecule has 7 nitrogen and oxygen atoms in total. The number of aromatic nitrogens is 4. The highest BCUT2D eigenvalue weighted by Gasteiger charge is 2.37. The SMILES string of the molecule is Cn1ccc(-c2cc(C(F)(F)F)c3c(-c4ccc5c(c4)OCO5)noc3n2)n1. The van der Waals surface area contributed by atoms with Crippen LogP contribution in [0.3, 0.4) is 0 Å². The molecule has 0 saturated carbocycles. The number of fused-ring (bicyclic) bond motifs is 2. The van der Waals surface area contributed by atoms with E-state index < -0.39 is 11.7 Å². The Hall–Kier alpha value is -3.56. The average Bonchev–Trinajstić information content (AvgIpc) is 3.38. The molecule has 3 aromatic heterocycles. The number of aryl methyl sites for hydroxylation is 1. The van der Waals surface area contributed by atoms with Crippen molar-refractivity contribution in [2.45, 2.75) is 6.18 Å². The molecule has 0 aliphatic carbocycles. The molecule has 0 atom stereocenters. The van der Waals surface area contributed by atoms with Crippen LogP contribution < -0.4 is 9.47 Å². The standard InChI is InChI=1S/C18H11F3N4O3/c1-25-5-4-11(23-25)12-7-10(18(19,20)21)15-16(24-28-17(15)22-12)9-2-3-13-14(6-9)27-8-26-13/h2-7H,8H2,1H3. The second kappa shape index (κ2) is 5.72. The number of pyridine rings is 1. The molecule has 1 aliphatic heterocycles. The largest absolute Gasteiger partial charge is 0.454 e. The Morgan fingerprint density at radius 1 is 1.04 bits per heavy atom. The van der Waals surface area contributed by atoms with Crippen LogP contribution in [0.15, 0.2) is 41.1 Å². The van der Waals surface area contributed by atoms with Crippen LogP contribution in [0.25, 0.3) is 33.7 Å². The fraction of sp³-hybridized carbons (Fsp3) is 0.167. The minimum atomic E-state index is -4.64. The molecule has 0 radical (unpaired) electrons. The molecule has 4 heterocycles. The van der Waals surface area contributed by atoms with Gasteiger partial charge >= 0.3 is 6.18 Å². The van der Waals surface area contributed by atoms with Crippen molar-refractivity contribution >= 4 is 11.1 Å². The first-order valence-corrected chi connectivity index (χ1v) is 8.18. The summed E-state index contributed by atoms with van der Waals surface area (Å²) in [7, 11) is 1.67. The van der Waals surface area contributed by atoms with Crippen molar-refractivity contribution in [1.29, 1.82) is 0 Å². The van der Waals surface area contributed by atoms with Gasteiger partial charge in [0.15, 0.2) is 11.5 Å². The van der Waals surface area contributed by atoms with Gasteiger partial charge in [-0.25, -0.2) is 4.98 Å². The topological polar surface area (TPSA) is 75.2 Å². The molecule has 0 amide bonds. The van der Waals surface area contributed by atoms with E-state index in [1.165, 1.54) is 4.68 Å². The van der Waals surface area contributed by atoms with E-state index in [4.69, 9.17) is 14.0 Å². The van der Waals surface area contributed by atoms with Crippen molar-refractivity contribution in [2.24, 2.45) is 7.05 Å². The normalized spacial score (nSPS) is 13.4. The maximum atomic E-state index is 13.8. The number of halogens is 3. The second-order valence-electron chi connectivity index (χ2n) is 6.21. The van der Waals surface area contributed by atoms with Crippen molar-refractivity contribution in [3.8, 4) is 34.1 Å². The van der Waals surface area contributed by atoms with E-state index in [9.17, 15) is 13.2 Å². The van der Waals surface area contributed by atoms with Crippen LogP contribution in [-0.4, -0.2) is 26.7 Å². The third-order valence-corrected chi connectivity index (χ3v) is 4.37. The molecule has 0 spiro atoms. The van der Waals surface area contributed by atoms with Crippen molar-refractivity contribution in [2.75, 3.05) is 6.79 Å². The third-order valence-electron chi connectivity index (χ3n) is 4.37. The van der Waals surface area contributed by atoms with Gasteiger partial charge in [-0.3, -0.25) is 4.68 Å². The predicted molar refractivity (Wildman–Crippen MR) is 90.6 cm³/mol. The zero-order valence-corrected chi connectivity index (χ0v) is 14.3. The molecule has 28 heavy (non-hydrogen) atoms. The maximum Gasteiger partial charge on any atom is 0.417 e. The second-order valence-corrected chi connectivity index (χ2v) is 6.21. The van der Waals surface area contributed by atoms with E-state index in [2.05, 4.69) is 15.2 Å². The summed E-state index contributed by atoms with van der Waals surface area (Å²) in [6.45, 7) is 0.0567. The number of hydrogen-bond donors (Lipinski definition) is 0. The summed E-state index contributed by atoms with van der Waals surface area (Å²) in [5.74, 6) is 0.948. The fourth-order valence-electron chi connectivity index (χ4n) is 3.10. The summed E-state index contributed by atoms with van der Waals surface area (Å²) >= 11 is 0. The molecule has 142 valence electrons. The molecule has 0 unspecified atom stereocenters. The van der Waals surface area contributed by atoms with Gasteiger partial charge in [0.1, 0.15) is 11.4 Å². The van der Waals surface area contributed by atoms with Crippen molar-refractivity contribution in [3.63, 3.8) is 0 Å². The van der Waals surface area contributed by atoms with Crippen LogP contribution in [0.5, 0.6) is 11.5 Å². The van der Waals surface area contributed by atoms with Crippen LogP contribution >= 0.6 is 0 Å². The van der Waals surface area contributed by atoms with E-state index in [0.717, 1.165) is 6.07 Å². The molecule has 0 saturated heterocycles. The van der Waals surface area contributed by atoms with Crippen molar-refractivity contribution in [3.05, 3.63) is 42.1 Å². The Morgan fingerprint density at radius 3 is 2.61 bits per heavy atom. The summed E-state index contributed by atoms with van der Waals surface area (Å²) in [5, 5.41) is 7.74. The summed E-state index contributed by atoms with van der Waals surface area (Å²) in [6, 6.07) is 7.30. The average molecular weight is 388 g/mol. The zero-order valence-electron chi connectivity index (χ0n) is 14.3. The maximum absolute atomic E-state index is 13.8. The van der Waals surface area contributed by atoms with E-state index in [1.54, 1.807) is 37.5 Å². The zero-order chi connectivity index (χ0) is 19.5. The van der Waals surface area contributed by atoms with Crippen LogP contribution in [0.4, 0.5) is 13.2 Å². The van der Waals surface area contributed by atoms with Crippen LogP contribution in [0, 0.1) is 0 Å². The number of rotatable bonds is 2. The van der Waals surface area contributed by atoms with Gasteiger partial charge in [0.2, 0.25) is 6.79 Å². The van der Waals surface area contributed by atoms with E-state index in [-0.39, 0.29) is 29.3 Å². The van der Waals surface area contributed by atoms with Gasteiger partial charge in [-0.15, -0.1) is 0 Å². The van der Waals surface area contributed by atoms with Gasteiger partial charge in [-0.05, 0) is 30.3 Å². The number of alkyl halides is 3. The summed E-state index contributed by atoms with van der Waals surface area (Å²) < 4.78 is 58.7. The number of nitrogens with zero attached hydrogens (tertiary/aromatic N) is 4. The van der Waals surface area contributed by atoms with E-state index in [1.807, 2.05) is 0 Å². The van der Waals surface area contributed by atoms with Gasteiger partial charge in [-0.1, -0.05) is 5.16 Å². The lowest BCUT2D eigenvalue weighted by Crippen LogP contribution is -2.07. The summed E-state index contributed by atoms with van der Waals surface area (Å²) in [5.41, 5.74) is -0.332. The van der Waals surface area contributed by atoms with Gasteiger partial charge in [-0.2, -0.15) is 18.3 Å². The highest BCUT2D eigenvalue weighted by Crippen LogP contribution is 2.42. The molecule has 1 aliphatic rings. The first-order chi connectivity index (χ1) is 13.4. The Bertz CT molecular complexity index is 1210. The van der Waals surface area contributed by atoms with Gasteiger partial charge in [0, 0.05) is 18.8 Å². The van der Waals surface area contributed by atoms with Crippen LogP contribution in [-0.2, 0) is 13.2 Å². The third kappa shape index (κ3) is 2.56. The summed E-state index contributed by atoms with van der Waals surface area (Å²) in [6.07, 6.45) is -3.02. The van der Waals surface area contributed by atoms with Gasteiger partial charge < -0.3 is 14.0 Å². The highest BCUT2D eigenvalue weighted by atomic mass is 19.4. The number of benzene rings is 1. The molecular formula is C18H11F3N4O3. The summed E-state index contributed by atoms with van der Waals surface area (Å²) in [4.78, 5) is 4.19. The Morgan fingerprint density at radius 2 is 1.86 bits per heavy atom. The van der Waals surface area contributed by atoms with Gasteiger partial charge in [0.25, 0.3) is 5.71 Å². The molecular weight excluding hydrogens is 377 g/mol. The molecule has 5 rings (SSSR count). The monoisotopic (exact) mass is 388 g/mol. The van der Waals surface area contributed by atoms with Crippen molar-refractivity contribution < 1.29 is 27.2 Å². The first-order valence-electron chi connectivity index (χ1n) is 8.18. The smallest absolute Gasteiger partial charge is 0.417 e. The minimum Gasteiger partial charge on any atom is -0.454 e. The quantitative estimate of drug-likeness (QED) is 0.516. The lowest BCUT2D eigenvalue weighted by atomic mass is 10.0. The molecule has 0 N–H and O–H groups in total. The van der Waals surface area contributed by atoms with Crippen molar-refractivity contribution in [1.82, 2.24) is 19.9 Å². The predicted octanol–water partition coefficient (Wildman–Crippen LogP) is 4.04. The number of ether oxygens (including phenoxy) is 2. The fourth-order valence-corrected chi connectivity index (χ4v) is 3.10. The first kappa shape index (κ1) is 16.6. The van der Waals surface area contributed by atoms with E-state index >= 15 is 0 Å².